The Morgan fingerprint density at radius 2 is 1.23 bits per heavy atom. The third kappa shape index (κ3) is 10.3. The van der Waals surface area contributed by atoms with Gasteiger partial charge in [0.1, 0.15) is 9.21 Å². The Morgan fingerprint density at radius 3 is 1.77 bits per heavy atom. The van der Waals surface area contributed by atoms with Crippen LogP contribution in [0, 0.1) is 31.1 Å². The van der Waals surface area contributed by atoms with Crippen LogP contribution in [0.15, 0.2) is 119 Å². The molecular formula is C30H23BBr2N6O3U. The number of fused-ring (bicyclic) bond motifs is 2. The van der Waals surface area contributed by atoms with E-state index in [1.54, 1.807) is 30.6 Å². The fourth-order valence-corrected chi connectivity index (χ4v) is 4.01. The zero-order valence-electron chi connectivity index (χ0n) is 23.4. The summed E-state index contributed by atoms with van der Waals surface area (Å²) in [6.07, 6.45) is 6.28. The standard InChI is InChI=1S/C15H10BrN3O.C9H8N2.C6H4BrNO2.BH.U/c16-13-7-6-11(9-18-13)15(20)19-12-5-1-3-10-4-2-8-17-14(10)12;10-8-5-1-3-7-4-2-6-11-9(7)8;7-5-2-1-4(3-8-5)6(9)10;;/h1-9H,(H,19,20);1-6H,10H2;1-3H,(H,9,10);1H;/i;;;1T;. The molecule has 0 saturated heterocycles. The second-order valence-electron chi connectivity index (χ2n) is 8.30. The summed E-state index contributed by atoms with van der Waals surface area (Å²) in [4.78, 5) is 38.7. The van der Waals surface area contributed by atoms with Gasteiger partial charge >= 0.3 is 5.97 Å². The second kappa shape index (κ2) is 17.5. The Balaban J connectivity index is 0.000000240. The van der Waals surface area contributed by atoms with Crippen LogP contribution in [0.1, 0.15) is 20.7 Å². The molecule has 1 amide bonds. The van der Waals surface area contributed by atoms with E-state index in [9.17, 15) is 9.59 Å². The summed E-state index contributed by atoms with van der Waals surface area (Å²) in [6.45, 7) is 0. The first-order valence-corrected chi connectivity index (χ1v) is 13.6. The van der Waals surface area contributed by atoms with E-state index < -0.39 is 5.97 Å². The minimum Gasteiger partial charge on any atom is -0.478 e. The maximum atomic E-state index is 12.2. The number of carbonyl (C=O) groups is 2. The summed E-state index contributed by atoms with van der Waals surface area (Å²) < 4.78 is 6.58. The van der Waals surface area contributed by atoms with E-state index in [2.05, 4.69) is 65.5 Å². The minimum atomic E-state index is -0.958. The Bertz CT molecular complexity index is 1810. The number of amides is 1. The van der Waals surface area contributed by atoms with Gasteiger partial charge in [-0.15, -0.1) is 0 Å². The number of aromatic nitrogens is 4. The summed E-state index contributed by atoms with van der Waals surface area (Å²) in [5.41, 5.74) is 9.48. The number of carboxylic acids is 1. The first kappa shape index (κ1) is 33.9. The molecule has 6 aromatic rings. The van der Waals surface area contributed by atoms with E-state index in [-0.39, 0.29) is 42.6 Å². The van der Waals surface area contributed by atoms with Gasteiger partial charge in [0.2, 0.25) is 0 Å². The van der Waals surface area contributed by atoms with Crippen LogP contribution in [0.25, 0.3) is 21.8 Å². The third-order valence-corrected chi connectivity index (χ3v) is 6.45. The number of halogens is 2. The van der Waals surface area contributed by atoms with Crippen molar-refractivity contribution in [3.8, 4) is 0 Å². The minimum absolute atomic E-state index is 0. The van der Waals surface area contributed by atoms with Crippen LogP contribution >= 0.6 is 31.9 Å². The van der Waals surface area contributed by atoms with E-state index in [0.29, 0.717) is 20.5 Å². The molecular weight excluding hydrogens is 901 g/mol. The number of pyridine rings is 4. The van der Waals surface area contributed by atoms with Crippen molar-refractivity contribution in [3.05, 3.63) is 130 Å². The van der Waals surface area contributed by atoms with Gasteiger partial charge in [0.15, 0.2) is 0 Å². The molecule has 4 aromatic heterocycles. The molecule has 0 aliphatic rings. The molecule has 0 fully saturated rings. The van der Waals surface area contributed by atoms with Crippen molar-refractivity contribution in [3.63, 3.8) is 0 Å². The molecule has 2 aromatic carbocycles. The molecule has 4 heterocycles. The largest absolute Gasteiger partial charge is 0.478 e. The van der Waals surface area contributed by atoms with E-state index in [1.165, 1.54) is 18.5 Å². The molecule has 9 nitrogen and oxygen atoms in total. The van der Waals surface area contributed by atoms with Crippen molar-refractivity contribution in [2.75, 3.05) is 11.1 Å². The van der Waals surface area contributed by atoms with Crippen molar-refractivity contribution in [2.45, 2.75) is 0 Å². The number of anilines is 2. The van der Waals surface area contributed by atoms with Gasteiger partial charge in [0.25, 0.3) is 5.91 Å². The Hall–Kier alpha value is -3.62. The first-order chi connectivity index (χ1) is 20.8. The van der Waals surface area contributed by atoms with Crippen LogP contribution in [-0.4, -0.2) is 46.6 Å². The van der Waals surface area contributed by atoms with Gasteiger partial charge in [-0.1, -0.05) is 36.4 Å². The molecule has 13 heteroatoms. The van der Waals surface area contributed by atoms with Gasteiger partial charge in [0, 0.05) is 75.0 Å². The number of nitrogens with two attached hydrogens (primary N) is 1. The molecule has 2 radical (unpaired) electrons. The number of benzene rings is 2. The molecule has 0 spiro atoms. The summed E-state index contributed by atoms with van der Waals surface area (Å²) in [5, 5.41) is 13.4. The van der Waals surface area contributed by atoms with Crippen LogP contribution in [0.2, 0.25) is 0 Å². The fourth-order valence-electron chi connectivity index (χ4n) is 3.54. The zero-order chi connectivity index (χ0) is 31.2. The third-order valence-electron chi connectivity index (χ3n) is 5.51. The van der Waals surface area contributed by atoms with Gasteiger partial charge in [-0.2, -0.15) is 0 Å². The number of nitrogens with zero attached hydrogens (tertiary/aromatic N) is 4. The maximum Gasteiger partial charge on any atom is 0.337 e. The summed E-state index contributed by atoms with van der Waals surface area (Å²) >= 11 is 6.33. The zero-order valence-corrected chi connectivity index (χ0v) is 29.7. The predicted molar refractivity (Wildman–Crippen MR) is 174 cm³/mol. The SMILES string of the molecule is Nc1cccc2cccnc12.O=C(Nc1cccc2cccnc12)c1ccc(Br)nc1.O=C(O)c1ccc(Br)nc1.[3H][B].[U]. The Morgan fingerprint density at radius 1 is 0.721 bits per heavy atom. The summed E-state index contributed by atoms with van der Waals surface area (Å²) in [6, 6.07) is 25.7. The molecule has 212 valence electrons. The molecule has 0 unspecified atom stereocenters. The normalized spacial score (nSPS) is 9.77. The van der Waals surface area contributed by atoms with Crippen molar-refractivity contribution in [1.29, 1.82) is 1.34 Å². The van der Waals surface area contributed by atoms with Crippen molar-refractivity contribution >= 4 is 85.3 Å². The van der Waals surface area contributed by atoms with Gasteiger partial charge < -0.3 is 16.2 Å². The summed E-state index contributed by atoms with van der Waals surface area (Å²) in [5.74, 6) is -1.16. The van der Waals surface area contributed by atoms with E-state index in [0.717, 1.165) is 27.5 Å². The smallest absolute Gasteiger partial charge is 0.337 e. The molecule has 0 atom stereocenters. The average molecular weight is 926 g/mol. The number of aromatic carboxylic acids is 1. The molecule has 43 heavy (non-hydrogen) atoms. The average Bonchev–Trinajstić information content (AvgIpc) is 3.04. The van der Waals surface area contributed by atoms with Crippen molar-refractivity contribution < 1.29 is 45.8 Å². The Kier molecular flexibility index (Phi) is 13.8. The van der Waals surface area contributed by atoms with E-state index in [1.807, 2.05) is 60.7 Å². The van der Waals surface area contributed by atoms with Gasteiger partial charge in [-0.25, -0.2) is 14.8 Å². The monoisotopic (exact) mass is 924 g/mol. The van der Waals surface area contributed by atoms with Crippen molar-refractivity contribution in [1.82, 2.24) is 19.9 Å². The molecule has 6 rings (SSSR count). The van der Waals surface area contributed by atoms with Crippen molar-refractivity contribution in [2.24, 2.45) is 0 Å². The summed E-state index contributed by atoms with van der Waals surface area (Å²) in [7, 11) is 3.75. The van der Waals surface area contributed by atoms with Crippen LogP contribution in [0.4, 0.5) is 11.4 Å². The molecule has 4 N–H and O–H groups in total. The molecule has 0 aliphatic carbocycles. The fraction of sp³-hybridized carbons (Fsp3) is 0. The van der Waals surface area contributed by atoms with Crippen LogP contribution in [0.3, 0.4) is 0 Å². The topological polar surface area (TPSA) is 144 Å². The molecule has 0 aliphatic heterocycles. The number of hydrogen-bond acceptors (Lipinski definition) is 7. The molecule has 0 saturated carbocycles. The van der Waals surface area contributed by atoms with Crippen LogP contribution in [-0.2, 0) is 0 Å². The number of nitrogens with one attached hydrogen (secondary N) is 1. The number of rotatable bonds is 3. The van der Waals surface area contributed by atoms with Crippen LogP contribution in [0.5, 0.6) is 0 Å². The van der Waals surface area contributed by atoms with Gasteiger partial charge in [0.05, 0.1) is 33.5 Å². The van der Waals surface area contributed by atoms with E-state index in [4.69, 9.17) is 12.2 Å². The number of carboxylic acid groups (broad SMARTS) is 1. The van der Waals surface area contributed by atoms with Crippen LogP contribution < -0.4 is 11.1 Å². The number of carbonyl (C=O) groups excluding carboxylic acids is 1. The van der Waals surface area contributed by atoms with Gasteiger partial charge in [-0.05, 0) is 81.7 Å². The number of para-hydroxylation sites is 2. The number of hydrogen-bond donors (Lipinski definition) is 3. The van der Waals surface area contributed by atoms with Gasteiger partial charge in [-0.3, -0.25) is 14.8 Å². The molecule has 0 bridgehead atoms. The second-order valence-corrected chi connectivity index (χ2v) is 9.93. The first-order valence-electron chi connectivity index (χ1n) is 12.6. The number of nitrogen functional groups attached to an aromatic ring is 1. The quantitative estimate of drug-likeness (QED) is 0.106. The Labute approximate surface area is 291 Å². The predicted octanol–water partition coefficient (Wildman–Crippen LogP) is 6.36. The maximum absolute atomic E-state index is 12.2. The van der Waals surface area contributed by atoms with E-state index >= 15 is 0 Å².